The van der Waals surface area contributed by atoms with E-state index in [1.165, 1.54) is 4.90 Å². The molecule has 0 radical (unpaired) electrons. The quantitative estimate of drug-likeness (QED) is 0.859. The van der Waals surface area contributed by atoms with E-state index in [-0.39, 0.29) is 11.8 Å². The van der Waals surface area contributed by atoms with E-state index in [1.807, 2.05) is 0 Å². The number of halogens is 2. The standard InChI is InChI=1S/C12H12BrClN2O2/c1-6-12(18)16(7(2)11(17)15-6)8-3-4-9(13)10(14)5-8/h3-7H,1-2H3,(H,15,17). The van der Waals surface area contributed by atoms with Crippen LogP contribution in [0.3, 0.4) is 0 Å². The van der Waals surface area contributed by atoms with Crippen molar-refractivity contribution in [3.8, 4) is 0 Å². The number of rotatable bonds is 1. The number of nitrogens with zero attached hydrogens (tertiary/aromatic N) is 1. The van der Waals surface area contributed by atoms with Crippen molar-refractivity contribution in [3.63, 3.8) is 0 Å². The summed E-state index contributed by atoms with van der Waals surface area (Å²) in [7, 11) is 0. The minimum absolute atomic E-state index is 0.138. The Balaban J connectivity index is 2.43. The van der Waals surface area contributed by atoms with Crippen molar-refractivity contribution in [2.24, 2.45) is 0 Å². The fourth-order valence-electron chi connectivity index (χ4n) is 1.90. The van der Waals surface area contributed by atoms with Crippen LogP contribution in [0.2, 0.25) is 5.02 Å². The van der Waals surface area contributed by atoms with Gasteiger partial charge in [0.15, 0.2) is 0 Å². The van der Waals surface area contributed by atoms with Gasteiger partial charge in [0.25, 0.3) is 0 Å². The van der Waals surface area contributed by atoms with E-state index >= 15 is 0 Å². The van der Waals surface area contributed by atoms with E-state index in [0.717, 1.165) is 4.47 Å². The minimum atomic E-state index is -0.536. The van der Waals surface area contributed by atoms with Crippen molar-refractivity contribution >= 4 is 45.0 Å². The molecule has 1 aromatic carbocycles. The number of amides is 2. The van der Waals surface area contributed by atoms with Gasteiger partial charge in [-0.2, -0.15) is 0 Å². The molecule has 0 aliphatic carbocycles. The predicted octanol–water partition coefficient (Wildman–Crippen LogP) is 2.34. The van der Waals surface area contributed by atoms with Crippen LogP contribution in [-0.4, -0.2) is 23.9 Å². The molecule has 1 aliphatic rings. The van der Waals surface area contributed by atoms with Gasteiger partial charge in [0.2, 0.25) is 11.8 Å². The molecule has 1 aliphatic heterocycles. The van der Waals surface area contributed by atoms with E-state index < -0.39 is 12.1 Å². The molecule has 0 aromatic heterocycles. The van der Waals surface area contributed by atoms with Crippen LogP contribution in [0.4, 0.5) is 5.69 Å². The first kappa shape index (κ1) is 13.4. The number of carbonyl (C=O) groups is 2. The molecule has 0 bridgehead atoms. The highest BCUT2D eigenvalue weighted by Gasteiger charge is 2.36. The van der Waals surface area contributed by atoms with Gasteiger partial charge in [0, 0.05) is 10.2 Å². The summed E-state index contributed by atoms with van der Waals surface area (Å²) in [5.74, 6) is -0.304. The van der Waals surface area contributed by atoms with Crippen LogP contribution >= 0.6 is 27.5 Å². The maximum Gasteiger partial charge on any atom is 0.250 e. The summed E-state index contributed by atoms with van der Waals surface area (Å²) in [6.45, 7) is 3.36. The van der Waals surface area contributed by atoms with Crippen molar-refractivity contribution in [3.05, 3.63) is 27.7 Å². The predicted molar refractivity (Wildman–Crippen MR) is 73.7 cm³/mol. The lowest BCUT2D eigenvalue weighted by Crippen LogP contribution is -2.61. The highest BCUT2D eigenvalue weighted by molar-refractivity contribution is 9.10. The molecule has 18 heavy (non-hydrogen) atoms. The number of anilines is 1. The van der Waals surface area contributed by atoms with Crippen molar-refractivity contribution in [1.29, 1.82) is 0 Å². The summed E-state index contributed by atoms with van der Waals surface area (Å²) < 4.78 is 0.752. The number of hydrogen-bond acceptors (Lipinski definition) is 2. The van der Waals surface area contributed by atoms with Gasteiger partial charge >= 0.3 is 0 Å². The van der Waals surface area contributed by atoms with Crippen LogP contribution in [0, 0.1) is 0 Å². The molecule has 1 saturated heterocycles. The highest BCUT2D eigenvalue weighted by Crippen LogP contribution is 2.29. The van der Waals surface area contributed by atoms with Crippen LogP contribution in [-0.2, 0) is 9.59 Å². The van der Waals surface area contributed by atoms with Crippen LogP contribution in [0.25, 0.3) is 0 Å². The van der Waals surface area contributed by atoms with E-state index in [9.17, 15) is 9.59 Å². The monoisotopic (exact) mass is 330 g/mol. The van der Waals surface area contributed by atoms with Crippen molar-refractivity contribution in [1.82, 2.24) is 5.32 Å². The van der Waals surface area contributed by atoms with Gasteiger partial charge in [0.1, 0.15) is 12.1 Å². The van der Waals surface area contributed by atoms with Crippen molar-refractivity contribution < 1.29 is 9.59 Å². The average Bonchev–Trinajstić information content (AvgIpc) is 2.31. The normalized spacial score (nSPS) is 24.1. The summed E-state index contributed by atoms with van der Waals surface area (Å²) in [4.78, 5) is 25.3. The van der Waals surface area contributed by atoms with E-state index in [1.54, 1.807) is 32.0 Å². The maximum absolute atomic E-state index is 12.1. The lowest BCUT2D eigenvalue weighted by Gasteiger charge is -2.36. The van der Waals surface area contributed by atoms with Crippen molar-refractivity contribution in [2.45, 2.75) is 25.9 Å². The second-order valence-corrected chi connectivity index (χ2v) is 5.47. The van der Waals surface area contributed by atoms with Crippen LogP contribution in [0.1, 0.15) is 13.8 Å². The largest absolute Gasteiger partial charge is 0.343 e. The third-order valence-corrected chi connectivity index (χ3v) is 4.15. The summed E-state index contributed by atoms with van der Waals surface area (Å²) >= 11 is 9.31. The topological polar surface area (TPSA) is 49.4 Å². The Morgan fingerprint density at radius 1 is 1.33 bits per heavy atom. The molecule has 1 heterocycles. The molecule has 1 N–H and O–H groups in total. The summed E-state index contributed by atoms with van der Waals surface area (Å²) in [6.07, 6.45) is 0. The number of benzene rings is 1. The van der Waals surface area contributed by atoms with Crippen molar-refractivity contribution in [2.75, 3.05) is 4.90 Å². The first-order valence-corrected chi connectivity index (χ1v) is 6.67. The Morgan fingerprint density at radius 3 is 2.61 bits per heavy atom. The zero-order valence-corrected chi connectivity index (χ0v) is 12.2. The van der Waals surface area contributed by atoms with Gasteiger partial charge in [-0.15, -0.1) is 0 Å². The van der Waals surface area contributed by atoms with Gasteiger partial charge in [0.05, 0.1) is 5.02 Å². The van der Waals surface area contributed by atoms with Gasteiger partial charge in [-0.3, -0.25) is 14.5 Å². The molecule has 0 spiro atoms. The Hall–Kier alpha value is -1.07. The molecule has 1 aromatic rings. The zero-order chi connectivity index (χ0) is 13.4. The Labute approximate surface area is 118 Å². The minimum Gasteiger partial charge on any atom is -0.343 e. The number of hydrogen-bond donors (Lipinski definition) is 1. The molecule has 1 fully saturated rings. The van der Waals surface area contributed by atoms with E-state index in [4.69, 9.17) is 11.6 Å². The molecule has 2 atom stereocenters. The smallest absolute Gasteiger partial charge is 0.250 e. The first-order chi connectivity index (χ1) is 8.41. The SMILES string of the molecule is CC1NC(=O)C(C)N(c2ccc(Br)c(Cl)c2)C1=O. The number of piperazine rings is 1. The van der Waals surface area contributed by atoms with E-state index in [0.29, 0.717) is 10.7 Å². The summed E-state index contributed by atoms with van der Waals surface area (Å²) in [5, 5.41) is 3.14. The fraction of sp³-hybridized carbons (Fsp3) is 0.333. The highest BCUT2D eigenvalue weighted by atomic mass is 79.9. The molecule has 2 amide bonds. The fourth-order valence-corrected chi connectivity index (χ4v) is 2.32. The summed E-state index contributed by atoms with van der Waals surface area (Å²) in [6, 6.07) is 4.14. The lowest BCUT2D eigenvalue weighted by molar-refractivity contribution is -0.133. The number of carbonyl (C=O) groups excluding carboxylic acids is 2. The Morgan fingerprint density at radius 2 is 2.00 bits per heavy atom. The molecule has 0 saturated carbocycles. The van der Waals surface area contributed by atoms with Gasteiger partial charge in [-0.05, 0) is 48.0 Å². The van der Waals surface area contributed by atoms with Gasteiger partial charge in [-0.1, -0.05) is 11.6 Å². The zero-order valence-electron chi connectivity index (χ0n) is 9.91. The second-order valence-electron chi connectivity index (χ2n) is 4.21. The Kier molecular flexibility index (Phi) is 3.64. The number of nitrogens with one attached hydrogen (secondary N) is 1. The Bertz CT molecular complexity index is 521. The third-order valence-electron chi connectivity index (χ3n) is 2.91. The molecule has 6 heteroatoms. The molecule has 96 valence electrons. The third kappa shape index (κ3) is 2.24. The average molecular weight is 332 g/mol. The first-order valence-electron chi connectivity index (χ1n) is 5.50. The molecule has 4 nitrogen and oxygen atoms in total. The molecular weight excluding hydrogens is 320 g/mol. The van der Waals surface area contributed by atoms with E-state index in [2.05, 4.69) is 21.2 Å². The molecule has 2 rings (SSSR count). The maximum atomic E-state index is 12.1. The van der Waals surface area contributed by atoms with Gasteiger partial charge < -0.3 is 5.32 Å². The second kappa shape index (κ2) is 4.90. The molecular formula is C12H12BrClN2O2. The van der Waals surface area contributed by atoms with Crippen LogP contribution < -0.4 is 10.2 Å². The lowest BCUT2D eigenvalue weighted by atomic mass is 10.1. The summed E-state index contributed by atoms with van der Waals surface area (Å²) in [5.41, 5.74) is 0.627. The van der Waals surface area contributed by atoms with Crippen LogP contribution in [0.5, 0.6) is 0 Å². The van der Waals surface area contributed by atoms with Gasteiger partial charge in [-0.25, -0.2) is 0 Å². The molecule has 2 unspecified atom stereocenters. The van der Waals surface area contributed by atoms with Crippen LogP contribution in [0.15, 0.2) is 22.7 Å².